The Morgan fingerprint density at radius 1 is 1.14 bits per heavy atom. The van der Waals surface area contributed by atoms with Crippen LogP contribution in [0, 0.1) is 11.2 Å². The highest BCUT2D eigenvalue weighted by Crippen LogP contribution is 2.47. The van der Waals surface area contributed by atoms with Gasteiger partial charge in [0.25, 0.3) is 5.91 Å². The zero-order chi connectivity index (χ0) is 25.6. The van der Waals surface area contributed by atoms with Crippen molar-refractivity contribution < 1.29 is 38.7 Å². The molecule has 1 fully saturated rings. The van der Waals surface area contributed by atoms with E-state index in [2.05, 4.69) is 0 Å². The molecular formula is C26H34FNO7. The summed E-state index contributed by atoms with van der Waals surface area (Å²) in [6.07, 6.45) is -1.63. The highest BCUT2D eigenvalue weighted by atomic mass is 19.1. The number of likely N-dealkylation sites (tertiary alicyclic amines) is 1. The van der Waals surface area contributed by atoms with Gasteiger partial charge in [-0.3, -0.25) is 4.79 Å². The molecule has 0 radical (unpaired) electrons. The summed E-state index contributed by atoms with van der Waals surface area (Å²) >= 11 is 0. The van der Waals surface area contributed by atoms with E-state index in [1.54, 1.807) is 32.2 Å². The standard InChI is InChI=1S/C26H34FNO7/c1-17(30)26(2)16-28(25(32)22(31)15-29)14-21(26)18-5-10-23(33-3)24(13-18)35-12-4-11-34-20-8-6-19(27)7-9-20/h5-10,13,17,21-22,29-31H,4,11-12,14-16H2,1-3H3/t17-,21+,22?,26+/m1/s1. The summed E-state index contributed by atoms with van der Waals surface area (Å²) < 4.78 is 30.0. The Hall–Kier alpha value is -2.88. The number of halogens is 1. The van der Waals surface area contributed by atoms with Gasteiger partial charge in [0, 0.05) is 30.8 Å². The molecule has 3 N–H and O–H groups in total. The van der Waals surface area contributed by atoms with Gasteiger partial charge in [-0.25, -0.2) is 4.39 Å². The maximum atomic E-state index is 13.0. The summed E-state index contributed by atoms with van der Waals surface area (Å²) in [6.45, 7) is 4.21. The molecule has 1 aliphatic heterocycles. The van der Waals surface area contributed by atoms with Crippen molar-refractivity contribution in [3.8, 4) is 17.2 Å². The number of methoxy groups -OCH3 is 1. The van der Waals surface area contributed by atoms with E-state index in [-0.39, 0.29) is 24.8 Å². The van der Waals surface area contributed by atoms with E-state index >= 15 is 0 Å². The van der Waals surface area contributed by atoms with E-state index in [0.717, 1.165) is 5.56 Å². The van der Waals surface area contributed by atoms with Crippen molar-refractivity contribution in [2.45, 2.75) is 38.4 Å². The van der Waals surface area contributed by atoms with Crippen molar-refractivity contribution in [2.24, 2.45) is 5.41 Å². The highest BCUT2D eigenvalue weighted by Gasteiger charge is 2.49. The zero-order valence-electron chi connectivity index (χ0n) is 20.3. The van der Waals surface area contributed by atoms with Gasteiger partial charge in [-0.1, -0.05) is 13.0 Å². The van der Waals surface area contributed by atoms with Gasteiger partial charge in [0.2, 0.25) is 0 Å². The number of rotatable bonds is 11. The average Bonchev–Trinajstić information content (AvgIpc) is 3.22. The van der Waals surface area contributed by atoms with Crippen LogP contribution in [-0.4, -0.2) is 78.4 Å². The lowest BCUT2D eigenvalue weighted by atomic mass is 9.72. The molecule has 1 unspecified atom stereocenters. The van der Waals surface area contributed by atoms with Crippen molar-refractivity contribution in [3.63, 3.8) is 0 Å². The van der Waals surface area contributed by atoms with Crippen LogP contribution in [0.5, 0.6) is 17.2 Å². The Morgan fingerprint density at radius 2 is 1.83 bits per heavy atom. The summed E-state index contributed by atoms with van der Waals surface area (Å²) in [5.41, 5.74) is 0.195. The van der Waals surface area contributed by atoms with Crippen LogP contribution in [-0.2, 0) is 4.79 Å². The molecule has 2 aromatic carbocycles. The molecule has 0 bridgehead atoms. The fourth-order valence-electron chi connectivity index (χ4n) is 4.37. The van der Waals surface area contributed by atoms with E-state index < -0.39 is 30.1 Å². The zero-order valence-corrected chi connectivity index (χ0v) is 20.3. The van der Waals surface area contributed by atoms with Crippen molar-refractivity contribution >= 4 is 5.91 Å². The predicted molar refractivity (Wildman–Crippen MR) is 127 cm³/mol. The summed E-state index contributed by atoms with van der Waals surface area (Å²) in [4.78, 5) is 14.0. The van der Waals surface area contributed by atoms with Gasteiger partial charge in [-0.05, 0) is 48.9 Å². The van der Waals surface area contributed by atoms with E-state index in [4.69, 9.17) is 14.2 Å². The molecule has 1 amide bonds. The number of ether oxygens (including phenoxy) is 3. The van der Waals surface area contributed by atoms with Crippen LogP contribution in [0.4, 0.5) is 4.39 Å². The Balaban J connectivity index is 1.69. The number of nitrogens with zero attached hydrogens (tertiary/aromatic N) is 1. The number of benzene rings is 2. The molecule has 9 heteroatoms. The van der Waals surface area contributed by atoms with Gasteiger partial charge < -0.3 is 34.4 Å². The average molecular weight is 492 g/mol. The summed E-state index contributed by atoms with van der Waals surface area (Å²) in [7, 11) is 1.55. The first-order valence-electron chi connectivity index (χ1n) is 11.6. The SMILES string of the molecule is COc1ccc([C@@H]2CN(C(=O)C(O)CO)C[C@@]2(C)[C@@H](C)O)cc1OCCCOc1ccc(F)cc1. The first-order chi connectivity index (χ1) is 16.7. The normalized spacial score (nSPS) is 21.5. The number of hydrogen-bond donors (Lipinski definition) is 3. The van der Waals surface area contributed by atoms with Crippen LogP contribution < -0.4 is 14.2 Å². The van der Waals surface area contributed by atoms with Crippen LogP contribution in [0.1, 0.15) is 31.7 Å². The van der Waals surface area contributed by atoms with Gasteiger partial charge in [-0.2, -0.15) is 0 Å². The number of carbonyl (C=O) groups excluding carboxylic acids is 1. The first kappa shape index (κ1) is 26.7. The topological polar surface area (TPSA) is 109 Å². The quantitative estimate of drug-likeness (QED) is 0.414. The third-order valence-electron chi connectivity index (χ3n) is 6.67. The molecule has 1 aliphatic rings. The number of hydrogen-bond acceptors (Lipinski definition) is 7. The van der Waals surface area contributed by atoms with Crippen LogP contribution in [0.25, 0.3) is 0 Å². The Labute approximate surface area is 204 Å². The molecule has 2 aromatic rings. The fraction of sp³-hybridized carbons (Fsp3) is 0.500. The van der Waals surface area contributed by atoms with Crippen molar-refractivity contribution in [2.75, 3.05) is 40.0 Å². The van der Waals surface area contributed by atoms with Crippen molar-refractivity contribution in [3.05, 3.63) is 53.8 Å². The number of aliphatic hydroxyl groups excluding tert-OH is 3. The molecule has 0 aliphatic carbocycles. The van der Waals surface area contributed by atoms with Crippen LogP contribution in [0.15, 0.2) is 42.5 Å². The monoisotopic (exact) mass is 491 g/mol. The maximum Gasteiger partial charge on any atom is 0.253 e. The summed E-state index contributed by atoms with van der Waals surface area (Å²) in [5, 5.41) is 29.6. The first-order valence-corrected chi connectivity index (χ1v) is 11.6. The minimum absolute atomic E-state index is 0.229. The van der Waals surface area contributed by atoms with Gasteiger partial charge in [0.1, 0.15) is 11.6 Å². The van der Waals surface area contributed by atoms with E-state index in [1.165, 1.54) is 17.0 Å². The molecule has 192 valence electrons. The molecular weight excluding hydrogens is 457 g/mol. The van der Waals surface area contributed by atoms with E-state index in [0.29, 0.717) is 36.9 Å². The largest absolute Gasteiger partial charge is 0.493 e. The van der Waals surface area contributed by atoms with Crippen LogP contribution in [0.2, 0.25) is 0 Å². The number of aliphatic hydroxyl groups is 3. The van der Waals surface area contributed by atoms with Gasteiger partial charge in [0.05, 0.1) is 33.0 Å². The second-order valence-corrected chi connectivity index (χ2v) is 9.07. The molecule has 1 heterocycles. The minimum Gasteiger partial charge on any atom is -0.493 e. The Bertz CT molecular complexity index is 984. The van der Waals surface area contributed by atoms with Gasteiger partial charge in [-0.15, -0.1) is 0 Å². The molecule has 3 rings (SSSR count). The van der Waals surface area contributed by atoms with Crippen molar-refractivity contribution in [1.29, 1.82) is 0 Å². The molecule has 1 saturated heterocycles. The van der Waals surface area contributed by atoms with Crippen LogP contribution >= 0.6 is 0 Å². The third kappa shape index (κ3) is 6.22. The van der Waals surface area contributed by atoms with Crippen molar-refractivity contribution in [1.82, 2.24) is 4.90 Å². The third-order valence-corrected chi connectivity index (χ3v) is 6.67. The smallest absolute Gasteiger partial charge is 0.253 e. The Kier molecular flexibility index (Phi) is 8.93. The molecule has 8 nitrogen and oxygen atoms in total. The molecule has 0 spiro atoms. The lowest BCUT2D eigenvalue weighted by Crippen LogP contribution is -2.42. The predicted octanol–water partition coefficient (Wildman–Crippen LogP) is 2.35. The fourth-order valence-corrected chi connectivity index (χ4v) is 4.37. The minimum atomic E-state index is -1.49. The second-order valence-electron chi connectivity index (χ2n) is 9.07. The summed E-state index contributed by atoms with van der Waals surface area (Å²) in [6, 6.07) is 11.3. The van der Waals surface area contributed by atoms with Gasteiger partial charge in [0.15, 0.2) is 17.6 Å². The molecule has 35 heavy (non-hydrogen) atoms. The maximum absolute atomic E-state index is 13.0. The molecule has 0 aromatic heterocycles. The lowest BCUT2D eigenvalue weighted by Gasteiger charge is -2.34. The van der Waals surface area contributed by atoms with E-state index in [1.807, 2.05) is 19.1 Å². The van der Waals surface area contributed by atoms with E-state index in [9.17, 15) is 24.5 Å². The summed E-state index contributed by atoms with van der Waals surface area (Å²) in [5.74, 6) is 0.544. The lowest BCUT2D eigenvalue weighted by molar-refractivity contribution is -0.141. The second kappa shape index (κ2) is 11.7. The molecule has 0 saturated carbocycles. The number of carbonyl (C=O) groups is 1. The van der Waals surface area contributed by atoms with Gasteiger partial charge >= 0.3 is 0 Å². The Morgan fingerprint density at radius 3 is 2.46 bits per heavy atom. The highest BCUT2D eigenvalue weighted by molar-refractivity contribution is 5.81. The molecule has 4 atom stereocenters. The number of amides is 1. The van der Waals surface area contributed by atoms with Crippen LogP contribution in [0.3, 0.4) is 0 Å².